The Bertz CT molecular complexity index is 10400. The lowest BCUT2D eigenvalue weighted by Gasteiger charge is -2.21. The zero-order chi connectivity index (χ0) is 98.1. The molecular formula is C143H90N6. The Balaban J connectivity index is 0.640. The van der Waals surface area contributed by atoms with Crippen molar-refractivity contribution in [1.29, 1.82) is 0 Å². The molecule has 3 aromatic heterocycles. The predicted molar refractivity (Wildman–Crippen MR) is 626 cm³/mol. The van der Waals surface area contributed by atoms with Gasteiger partial charge in [-0.15, -0.1) is 0 Å². The molecule has 6 heteroatoms. The van der Waals surface area contributed by atoms with E-state index in [4.69, 9.17) is 15.0 Å². The van der Waals surface area contributed by atoms with Gasteiger partial charge in [0, 0.05) is 33.8 Å². The first-order valence-electron chi connectivity index (χ1n) is 51.2. The summed E-state index contributed by atoms with van der Waals surface area (Å²) in [5.74, 6) is 2.68. The topological polar surface area (TPSA) is 53.5 Å². The molecule has 0 atom stereocenters. The van der Waals surface area contributed by atoms with Gasteiger partial charge in [-0.25, -0.2) is 15.0 Å². The van der Waals surface area contributed by atoms with E-state index in [2.05, 4.69) is 560 Å². The minimum absolute atomic E-state index is 0.885. The second kappa shape index (κ2) is 35.7. The molecule has 0 radical (unpaired) electrons. The third-order valence-electron chi connectivity index (χ3n) is 30.6. The molecular weight excluding hydrogens is 1800 g/mol. The summed E-state index contributed by atoms with van der Waals surface area (Å²) in [6, 6.07) is 202. The van der Waals surface area contributed by atoms with Gasteiger partial charge in [0.2, 0.25) is 0 Å². The number of hydrogen-bond donors (Lipinski definition) is 0. The molecule has 0 saturated carbocycles. The highest BCUT2D eigenvalue weighted by Gasteiger charge is 2.28. The summed E-state index contributed by atoms with van der Waals surface area (Å²) in [6.07, 6.45) is 0. The number of rotatable bonds is 17. The van der Waals surface area contributed by atoms with Crippen molar-refractivity contribution >= 4 is 119 Å². The van der Waals surface area contributed by atoms with Crippen LogP contribution in [0.4, 0.5) is 0 Å². The highest BCUT2D eigenvalue weighted by molar-refractivity contribution is 6.27. The first-order valence-corrected chi connectivity index (χ1v) is 51.2. The average Bonchev–Trinajstić information content (AvgIpc) is 1.70. The van der Waals surface area contributed by atoms with Crippen LogP contribution in [-0.2, 0) is 0 Å². The van der Waals surface area contributed by atoms with Crippen LogP contribution in [0.3, 0.4) is 0 Å². The molecule has 26 aromatic carbocycles. The molecule has 29 rings (SSSR count). The predicted octanol–water partition coefficient (Wildman–Crippen LogP) is 38.3. The van der Waals surface area contributed by atoms with Gasteiger partial charge in [-0.2, -0.15) is 0 Å². The summed E-state index contributed by atoms with van der Waals surface area (Å²) in [4.78, 5) is 16.0. The molecule has 0 bridgehead atoms. The van der Waals surface area contributed by atoms with E-state index >= 15 is 0 Å². The summed E-state index contributed by atoms with van der Waals surface area (Å²) in [6.45, 7) is 0. The van der Waals surface area contributed by atoms with Crippen LogP contribution in [0.2, 0.25) is 0 Å². The molecule has 149 heavy (non-hydrogen) atoms. The van der Waals surface area contributed by atoms with Gasteiger partial charge in [0.05, 0.1) is 33.1 Å². The summed E-state index contributed by atoms with van der Waals surface area (Å²) < 4.78 is 6.91. The van der Waals surface area contributed by atoms with Crippen LogP contribution in [0.5, 0.6) is 0 Å². The maximum absolute atomic E-state index is 5.37. The SMILES string of the molecule is c1ccc(-c2ccc(-c3c4ccccc4c(-c4ccc(-c5ccc6nc(-c7ccccc7)n(-c7ccccc7)c6c5)cc4)c4ccc(-c5ccc6c(-c7ccc(-n8c(-c9ccccc9)nc9ccccc98)cc7)c7cc(-c8ccc9c(-c%10ccc(-c%11cccc%12ccccc%11%12)cc%10)c%10ccccc%10c(-c%10ccc(-c%11nc%12ccccc%12n%11-c%11ccccc%11)cc%10)c9c8)ccc7c(-c7ccc8ccccc8c7)c6c5)cc34)cc2)cc1. The summed E-state index contributed by atoms with van der Waals surface area (Å²) >= 11 is 0. The van der Waals surface area contributed by atoms with E-state index in [0.717, 1.165) is 205 Å². The lowest BCUT2D eigenvalue weighted by atomic mass is 9.82. The van der Waals surface area contributed by atoms with Crippen LogP contribution < -0.4 is 0 Å². The van der Waals surface area contributed by atoms with E-state index in [1.165, 1.54) is 87.4 Å². The van der Waals surface area contributed by atoms with Crippen molar-refractivity contribution in [2.75, 3.05) is 0 Å². The number of fused-ring (bicyclic) bond motifs is 11. The van der Waals surface area contributed by atoms with E-state index < -0.39 is 0 Å². The van der Waals surface area contributed by atoms with E-state index in [1.54, 1.807) is 0 Å². The molecule has 0 aliphatic carbocycles. The third kappa shape index (κ3) is 14.7. The van der Waals surface area contributed by atoms with E-state index in [1.807, 2.05) is 0 Å². The summed E-state index contributed by atoms with van der Waals surface area (Å²) in [5.41, 5.74) is 37.4. The van der Waals surface area contributed by atoms with Crippen LogP contribution in [0.15, 0.2) is 546 Å². The number of para-hydroxylation sites is 6. The lowest BCUT2D eigenvalue weighted by molar-refractivity contribution is 1.10. The second-order valence-electron chi connectivity index (χ2n) is 39.1. The fraction of sp³-hybridized carbons (Fsp3) is 0. The van der Waals surface area contributed by atoms with E-state index in [-0.39, 0.29) is 0 Å². The smallest absolute Gasteiger partial charge is 0.145 e. The van der Waals surface area contributed by atoms with Gasteiger partial charge in [-0.05, 0) is 312 Å². The van der Waals surface area contributed by atoms with Crippen molar-refractivity contribution in [2.24, 2.45) is 0 Å². The largest absolute Gasteiger partial charge is 0.292 e. The quantitative estimate of drug-likeness (QED) is 0.0854. The zero-order valence-electron chi connectivity index (χ0n) is 81.1. The maximum atomic E-state index is 5.37. The average molecular weight is 1890 g/mol. The van der Waals surface area contributed by atoms with Crippen molar-refractivity contribution in [3.05, 3.63) is 546 Å². The van der Waals surface area contributed by atoms with E-state index in [9.17, 15) is 0 Å². The summed E-state index contributed by atoms with van der Waals surface area (Å²) in [7, 11) is 0. The van der Waals surface area contributed by atoms with Crippen molar-refractivity contribution in [3.63, 3.8) is 0 Å². The molecule has 6 nitrogen and oxygen atoms in total. The van der Waals surface area contributed by atoms with Crippen molar-refractivity contribution in [3.8, 4) is 174 Å². The maximum Gasteiger partial charge on any atom is 0.145 e. The molecule has 0 amide bonds. The van der Waals surface area contributed by atoms with Gasteiger partial charge in [0.1, 0.15) is 17.5 Å². The minimum atomic E-state index is 0.885. The first-order chi connectivity index (χ1) is 73.9. The molecule has 0 unspecified atom stereocenters. The van der Waals surface area contributed by atoms with Crippen LogP contribution in [-0.4, -0.2) is 28.7 Å². The van der Waals surface area contributed by atoms with Crippen molar-refractivity contribution in [2.45, 2.75) is 0 Å². The molecule has 0 spiro atoms. The van der Waals surface area contributed by atoms with Crippen LogP contribution in [0, 0.1) is 0 Å². The minimum Gasteiger partial charge on any atom is -0.292 e. The van der Waals surface area contributed by atoms with Gasteiger partial charge >= 0.3 is 0 Å². The third-order valence-corrected chi connectivity index (χ3v) is 30.6. The summed E-state index contributed by atoms with van der Waals surface area (Å²) in [5, 5.41) is 18.7. The van der Waals surface area contributed by atoms with Gasteiger partial charge in [-0.1, -0.05) is 443 Å². The number of imidazole rings is 3. The van der Waals surface area contributed by atoms with Crippen LogP contribution in [0.25, 0.3) is 293 Å². The molecule has 0 saturated heterocycles. The Morgan fingerprint density at radius 2 is 0.383 bits per heavy atom. The first kappa shape index (κ1) is 85.9. The number of nitrogens with zero attached hydrogens (tertiary/aromatic N) is 6. The Kier molecular flexibility index (Phi) is 20.6. The van der Waals surface area contributed by atoms with Crippen molar-refractivity contribution in [1.82, 2.24) is 28.7 Å². The molecule has 0 aliphatic heterocycles. The molecule has 0 fully saturated rings. The highest BCUT2D eigenvalue weighted by Crippen LogP contribution is 2.53. The number of aromatic nitrogens is 6. The Hall–Kier alpha value is -19.8. The number of benzene rings is 26. The van der Waals surface area contributed by atoms with Crippen molar-refractivity contribution < 1.29 is 0 Å². The molecule has 0 N–H and O–H groups in total. The van der Waals surface area contributed by atoms with Crippen LogP contribution >= 0.6 is 0 Å². The lowest BCUT2D eigenvalue weighted by Crippen LogP contribution is -1.98. The molecule has 29 aromatic rings. The fourth-order valence-electron chi connectivity index (χ4n) is 23.7. The second-order valence-corrected chi connectivity index (χ2v) is 39.1. The molecule has 3 heterocycles. The molecule has 0 aliphatic rings. The van der Waals surface area contributed by atoms with Gasteiger partial charge in [0.15, 0.2) is 0 Å². The Morgan fingerprint density at radius 1 is 0.121 bits per heavy atom. The highest BCUT2D eigenvalue weighted by atomic mass is 15.1. The van der Waals surface area contributed by atoms with Gasteiger partial charge in [-0.3, -0.25) is 13.7 Å². The Morgan fingerprint density at radius 3 is 0.826 bits per heavy atom. The Labute approximate surface area is 861 Å². The number of hydrogen-bond acceptors (Lipinski definition) is 3. The fourth-order valence-corrected chi connectivity index (χ4v) is 23.7. The van der Waals surface area contributed by atoms with Gasteiger partial charge < -0.3 is 0 Å². The van der Waals surface area contributed by atoms with Gasteiger partial charge in [0.25, 0.3) is 0 Å². The monoisotopic (exact) mass is 1890 g/mol. The molecule has 692 valence electrons. The normalized spacial score (nSPS) is 11.8. The zero-order valence-corrected chi connectivity index (χ0v) is 81.1. The standard InChI is InChI=1S/C143H90N6/c1-6-29-91(30-7-1)93-53-60-99(61-54-93)137-119-46-22-20-44-117(119)135(97-62-55-94(56-63-97)110-77-84-131-134(90-110)149(113-41-14-5-15-42-113)142(146-131)103-35-10-3-11-36-103)121-80-74-107(87-125(121)137)109-75-82-123-128(89-109)140(111-70-57-92-31-16-17-37-105(92)85-111)124-83-76-108(88-127(124)139(123)101-71-78-114(79-72-101)148-133-52-27-25-50-130(133)144-141(148)102-33-8-2-9-34-102)106-73-81-122-126(86-106)138(100-66-68-104(69-67-100)143-145-129-49-24-26-51-132(129)147(143)112-39-12-4-13-40-112)120-47-23-21-45-118(120)136(122)98-64-58-96(59-65-98)116-48-28-38-95-32-18-19-43-115(95)116/h1-90H. The van der Waals surface area contributed by atoms with Crippen LogP contribution in [0.1, 0.15) is 0 Å². The van der Waals surface area contributed by atoms with E-state index in [0.29, 0.717) is 0 Å².